The largest absolute Gasteiger partial charge is 0.469 e. The van der Waals surface area contributed by atoms with Gasteiger partial charge in [0.2, 0.25) is 0 Å². The summed E-state index contributed by atoms with van der Waals surface area (Å²) in [6, 6.07) is 9.07. The van der Waals surface area contributed by atoms with Crippen molar-refractivity contribution in [1.29, 1.82) is 0 Å². The van der Waals surface area contributed by atoms with Crippen molar-refractivity contribution in [2.45, 2.75) is 77.4 Å². The standard InChI is InChI=1S/C26H40N2O4/c1-26(2,3)32-25(30)28-17-13-23(14-18-28)22-8-5-21(6-9-22)19-27-15-11-20(12-16-27)7-10-24(29)31-4/h5-6,8-9,20,23H,7,10-19H2,1-4H3. The van der Waals surface area contributed by atoms with Gasteiger partial charge in [-0.05, 0) is 88.9 Å². The van der Waals surface area contributed by atoms with Gasteiger partial charge in [-0.3, -0.25) is 9.69 Å². The Bertz CT molecular complexity index is 740. The average molecular weight is 445 g/mol. The highest BCUT2D eigenvalue weighted by molar-refractivity contribution is 5.69. The van der Waals surface area contributed by atoms with E-state index in [0.717, 1.165) is 64.8 Å². The highest BCUT2D eigenvalue weighted by atomic mass is 16.6. The second-order valence-electron chi connectivity index (χ2n) is 10.3. The summed E-state index contributed by atoms with van der Waals surface area (Å²) in [5.41, 5.74) is 2.29. The molecule has 0 spiro atoms. The smallest absolute Gasteiger partial charge is 0.410 e. The van der Waals surface area contributed by atoms with Crippen LogP contribution < -0.4 is 0 Å². The summed E-state index contributed by atoms with van der Waals surface area (Å²) in [6.45, 7) is 10.4. The zero-order valence-corrected chi connectivity index (χ0v) is 20.3. The Morgan fingerprint density at radius 2 is 1.59 bits per heavy atom. The van der Waals surface area contributed by atoms with E-state index in [1.807, 2.05) is 25.7 Å². The molecule has 6 heteroatoms. The van der Waals surface area contributed by atoms with Gasteiger partial charge in [-0.15, -0.1) is 0 Å². The van der Waals surface area contributed by atoms with E-state index in [9.17, 15) is 9.59 Å². The van der Waals surface area contributed by atoms with Crippen LogP contribution in [0.25, 0.3) is 0 Å². The SMILES string of the molecule is COC(=O)CCC1CCN(Cc2ccc(C3CCN(C(=O)OC(C)(C)C)CC3)cc2)CC1. The summed E-state index contributed by atoms with van der Waals surface area (Å²) in [6.07, 6.45) is 5.58. The molecule has 2 heterocycles. The number of methoxy groups -OCH3 is 1. The number of likely N-dealkylation sites (tertiary alicyclic amines) is 2. The van der Waals surface area contributed by atoms with Crippen molar-refractivity contribution in [2.24, 2.45) is 5.92 Å². The second-order valence-corrected chi connectivity index (χ2v) is 10.3. The fourth-order valence-corrected chi connectivity index (χ4v) is 4.73. The topological polar surface area (TPSA) is 59.1 Å². The molecule has 1 aromatic rings. The number of hydrogen-bond donors (Lipinski definition) is 0. The zero-order valence-electron chi connectivity index (χ0n) is 20.3. The molecule has 178 valence electrons. The van der Waals surface area contributed by atoms with Gasteiger partial charge in [-0.2, -0.15) is 0 Å². The Morgan fingerprint density at radius 3 is 2.16 bits per heavy atom. The van der Waals surface area contributed by atoms with Gasteiger partial charge in [0.1, 0.15) is 5.60 Å². The molecule has 0 saturated carbocycles. The lowest BCUT2D eigenvalue weighted by molar-refractivity contribution is -0.141. The van der Waals surface area contributed by atoms with Gasteiger partial charge in [-0.25, -0.2) is 4.79 Å². The molecule has 0 aliphatic carbocycles. The molecule has 2 aliphatic heterocycles. The Morgan fingerprint density at radius 1 is 0.969 bits per heavy atom. The number of carbonyl (C=O) groups excluding carboxylic acids is 2. The van der Waals surface area contributed by atoms with Crippen molar-refractivity contribution in [2.75, 3.05) is 33.3 Å². The van der Waals surface area contributed by atoms with Crippen LogP contribution in [0.2, 0.25) is 0 Å². The zero-order chi connectivity index (χ0) is 23.1. The number of nitrogens with zero attached hydrogens (tertiary/aromatic N) is 2. The lowest BCUT2D eigenvalue weighted by atomic mass is 9.89. The van der Waals surface area contributed by atoms with Gasteiger partial charge in [0, 0.05) is 26.1 Å². The third kappa shape index (κ3) is 7.51. The lowest BCUT2D eigenvalue weighted by Gasteiger charge is -2.34. The van der Waals surface area contributed by atoms with Crippen LogP contribution in [-0.4, -0.2) is 60.8 Å². The summed E-state index contributed by atoms with van der Waals surface area (Å²) < 4.78 is 10.3. The molecular formula is C26H40N2O4. The maximum Gasteiger partial charge on any atom is 0.410 e. The number of hydrogen-bond acceptors (Lipinski definition) is 5. The van der Waals surface area contributed by atoms with Crippen LogP contribution in [-0.2, 0) is 20.8 Å². The highest BCUT2D eigenvalue weighted by Gasteiger charge is 2.27. The van der Waals surface area contributed by atoms with Gasteiger partial charge in [0.25, 0.3) is 0 Å². The Hall–Kier alpha value is -2.08. The predicted molar refractivity (Wildman–Crippen MR) is 125 cm³/mol. The molecule has 2 saturated heterocycles. The second kappa shape index (κ2) is 11.2. The summed E-state index contributed by atoms with van der Waals surface area (Å²) in [5.74, 6) is 1.05. The van der Waals surface area contributed by atoms with Crippen LogP contribution >= 0.6 is 0 Å². The molecular weight excluding hydrogens is 404 g/mol. The van der Waals surface area contributed by atoms with Crippen molar-refractivity contribution < 1.29 is 19.1 Å². The fourth-order valence-electron chi connectivity index (χ4n) is 4.73. The van der Waals surface area contributed by atoms with Crippen LogP contribution in [0.3, 0.4) is 0 Å². The molecule has 0 aromatic heterocycles. The Labute approximate surface area is 193 Å². The minimum Gasteiger partial charge on any atom is -0.469 e. The number of amides is 1. The molecule has 32 heavy (non-hydrogen) atoms. The lowest BCUT2D eigenvalue weighted by Crippen LogP contribution is -2.41. The normalized spacial score (nSPS) is 19.1. The predicted octanol–water partition coefficient (Wildman–Crippen LogP) is 4.97. The molecule has 6 nitrogen and oxygen atoms in total. The molecule has 2 fully saturated rings. The third-order valence-electron chi connectivity index (χ3n) is 6.70. The van der Waals surface area contributed by atoms with E-state index in [-0.39, 0.29) is 12.1 Å². The fraction of sp³-hybridized carbons (Fsp3) is 0.692. The van der Waals surface area contributed by atoms with Crippen LogP contribution in [0.4, 0.5) is 4.79 Å². The molecule has 1 aromatic carbocycles. The monoisotopic (exact) mass is 444 g/mol. The van der Waals surface area contributed by atoms with Gasteiger partial charge >= 0.3 is 12.1 Å². The third-order valence-corrected chi connectivity index (χ3v) is 6.70. The first-order valence-corrected chi connectivity index (χ1v) is 12.1. The summed E-state index contributed by atoms with van der Waals surface area (Å²) >= 11 is 0. The van der Waals surface area contributed by atoms with Gasteiger partial charge in [0.15, 0.2) is 0 Å². The summed E-state index contributed by atoms with van der Waals surface area (Å²) in [5, 5.41) is 0. The van der Waals surface area contributed by atoms with Crippen LogP contribution in [0.1, 0.15) is 76.3 Å². The number of piperidine rings is 2. The van der Waals surface area contributed by atoms with Crippen molar-refractivity contribution in [3.05, 3.63) is 35.4 Å². The van der Waals surface area contributed by atoms with Crippen LogP contribution in [0.5, 0.6) is 0 Å². The number of esters is 1. The molecule has 3 rings (SSSR count). The number of rotatable bonds is 6. The number of ether oxygens (including phenoxy) is 2. The molecule has 0 N–H and O–H groups in total. The molecule has 0 unspecified atom stereocenters. The van der Waals surface area contributed by atoms with E-state index in [1.165, 1.54) is 18.2 Å². The molecule has 0 bridgehead atoms. The highest BCUT2D eigenvalue weighted by Crippen LogP contribution is 2.29. The van der Waals surface area contributed by atoms with Gasteiger partial charge in [0.05, 0.1) is 7.11 Å². The average Bonchev–Trinajstić information content (AvgIpc) is 2.78. The Balaban J connectivity index is 1.40. The van der Waals surface area contributed by atoms with E-state index in [2.05, 4.69) is 29.2 Å². The summed E-state index contributed by atoms with van der Waals surface area (Å²) in [7, 11) is 1.46. The maximum absolute atomic E-state index is 12.3. The van der Waals surface area contributed by atoms with Crippen molar-refractivity contribution in [1.82, 2.24) is 9.80 Å². The first-order chi connectivity index (χ1) is 15.2. The van der Waals surface area contributed by atoms with E-state index >= 15 is 0 Å². The first-order valence-electron chi connectivity index (χ1n) is 12.1. The first kappa shape index (κ1) is 24.6. The van der Waals surface area contributed by atoms with Crippen molar-refractivity contribution >= 4 is 12.1 Å². The molecule has 0 atom stereocenters. The van der Waals surface area contributed by atoms with Crippen LogP contribution in [0, 0.1) is 5.92 Å². The molecule has 1 amide bonds. The van der Waals surface area contributed by atoms with E-state index < -0.39 is 5.60 Å². The van der Waals surface area contributed by atoms with Gasteiger partial charge in [-0.1, -0.05) is 24.3 Å². The number of carbonyl (C=O) groups is 2. The quantitative estimate of drug-likeness (QED) is 0.580. The van der Waals surface area contributed by atoms with Gasteiger partial charge < -0.3 is 14.4 Å². The number of benzene rings is 1. The van der Waals surface area contributed by atoms with Crippen molar-refractivity contribution in [3.63, 3.8) is 0 Å². The summed E-state index contributed by atoms with van der Waals surface area (Å²) in [4.78, 5) is 28.0. The van der Waals surface area contributed by atoms with E-state index in [0.29, 0.717) is 18.3 Å². The minimum atomic E-state index is -0.442. The minimum absolute atomic E-state index is 0.0944. The maximum atomic E-state index is 12.3. The van der Waals surface area contributed by atoms with E-state index in [1.54, 1.807) is 0 Å². The van der Waals surface area contributed by atoms with Crippen molar-refractivity contribution in [3.8, 4) is 0 Å². The molecule has 0 radical (unpaired) electrons. The Kier molecular flexibility index (Phi) is 8.57. The van der Waals surface area contributed by atoms with Crippen LogP contribution in [0.15, 0.2) is 24.3 Å². The molecule has 2 aliphatic rings. The van der Waals surface area contributed by atoms with E-state index in [4.69, 9.17) is 9.47 Å².